The predicted molar refractivity (Wildman–Crippen MR) is 184 cm³/mol. The van der Waals surface area contributed by atoms with Crippen LogP contribution in [0.15, 0.2) is 0 Å². The van der Waals surface area contributed by atoms with Gasteiger partial charge in [-0.15, -0.1) is 22.2 Å². The summed E-state index contributed by atoms with van der Waals surface area (Å²) in [6.07, 6.45) is 7.67. The van der Waals surface area contributed by atoms with Gasteiger partial charge in [0.1, 0.15) is 0 Å². The molecular formula is C28H67Al3CaN4O3-2. The third kappa shape index (κ3) is 195. The van der Waals surface area contributed by atoms with Crippen molar-refractivity contribution in [2.75, 3.05) is 39.6 Å². The summed E-state index contributed by atoms with van der Waals surface area (Å²) in [7, 11) is 0. The van der Waals surface area contributed by atoms with E-state index in [0.717, 1.165) is 39.6 Å². The first-order chi connectivity index (χ1) is 15.5. The second-order valence-corrected chi connectivity index (χ2v) is 13.0. The molecule has 0 unspecified atom stereocenters. The van der Waals surface area contributed by atoms with Crippen molar-refractivity contribution in [3.05, 3.63) is 22.9 Å². The molecule has 0 aromatic heterocycles. The van der Waals surface area contributed by atoms with E-state index < -0.39 is 0 Å². The van der Waals surface area contributed by atoms with Crippen LogP contribution < -0.4 is 0 Å². The molecule has 0 aromatic rings. The Hall–Kier alpha value is 2.58. The van der Waals surface area contributed by atoms with Crippen molar-refractivity contribution in [1.82, 2.24) is 0 Å². The van der Waals surface area contributed by atoms with Crippen molar-refractivity contribution >= 4 is 89.8 Å². The van der Waals surface area contributed by atoms with Crippen LogP contribution in [0.4, 0.5) is 0 Å². The number of hydrogen-bond acceptors (Lipinski definition) is 3. The summed E-state index contributed by atoms with van der Waals surface area (Å²) in [6.45, 7) is 28.3. The van der Waals surface area contributed by atoms with E-state index in [-0.39, 0.29) is 112 Å². The van der Waals surface area contributed by atoms with Crippen LogP contribution in [0.5, 0.6) is 0 Å². The molecule has 3 aliphatic rings. The molecule has 0 aromatic carbocycles. The number of ether oxygens (including phenoxy) is 3. The van der Waals surface area contributed by atoms with Gasteiger partial charge < -0.3 is 37.1 Å². The molecule has 3 heterocycles. The quantitative estimate of drug-likeness (QED) is 0.260. The van der Waals surface area contributed by atoms with Crippen LogP contribution in [0.25, 0.3) is 22.9 Å². The fourth-order valence-corrected chi connectivity index (χ4v) is 1.53. The van der Waals surface area contributed by atoms with Crippen molar-refractivity contribution in [3.63, 3.8) is 0 Å². The standard InChI is InChI=1S/4C4H10N.3C4H8O.3Al.Ca.3H/c4*1-4(2,3)5;3*1-2-4-5-3-1;;;;;;;/h4*5H,1-3H3;3*1-4H2;;;;;;;/q4*-1;;;;;;;+2;;;. The zero-order chi connectivity index (χ0) is 28.6. The number of hydrogen-bond donors (Lipinski definition) is 0. The fraction of sp³-hybridized carbons (Fsp3) is 1.00. The van der Waals surface area contributed by atoms with Crippen molar-refractivity contribution < 1.29 is 14.2 Å². The van der Waals surface area contributed by atoms with Gasteiger partial charge in [-0.25, -0.2) is 0 Å². The summed E-state index contributed by atoms with van der Waals surface area (Å²) in [5.41, 5.74) is 26.8. The van der Waals surface area contributed by atoms with Gasteiger partial charge in [-0.2, -0.15) is 0 Å². The van der Waals surface area contributed by atoms with Gasteiger partial charge in [0.15, 0.2) is 0 Å². The van der Waals surface area contributed by atoms with Gasteiger partial charge >= 0.3 is 37.7 Å². The molecule has 11 heteroatoms. The van der Waals surface area contributed by atoms with Gasteiger partial charge in [-0.05, 0) is 38.5 Å². The Bertz CT molecular complexity index is 298. The van der Waals surface area contributed by atoms with Crippen molar-refractivity contribution in [1.29, 1.82) is 0 Å². The minimum atomic E-state index is -0.250. The molecule has 6 radical (unpaired) electrons. The molecule has 0 atom stereocenters. The molecule has 3 aliphatic heterocycles. The molecule has 0 saturated carbocycles. The summed E-state index contributed by atoms with van der Waals surface area (Å²) in [5, 5.41) is 0. The monoisotopic (exact) mass is 628 g/mol. The molecule has 39 heavy (non-hydrogen) atoms. The summed E-state index contributed by atoms with van der Waals surface area (Å²) >= 11 is 0. The molecular weight excluding hydrogens is 561 g/mol. The van der Waals surface area contributed by atoms with Crippen molar-refractivity contribution in [2.24, 2.45) is 0 Å². The van der Waals surface area contributed by atoms with Crippen LogP contribution in [0, 0.1) is 0 Å². The Morgan fingerprint density at radius 1 is 0.333 bits per heavy atom. The third-order valence-electron chi connectivity index (χ3n) is 2.48. The van der Waals surface area contributed by atoms with Crippen LogP contribution in [0.1, 0.15) is 122 Å². The van der Waals surface area contributed by atoms with E-state index in [1.54, 1.807) is 0 Å². The molecule has 3 fully saturated rings. The van der Waals surface area contributed by atoms with Gasteiger partial charge in [0.05, 0.1) is 52.1 Å². The minimum Gasteiger partial charge on any atom is -0.673 e. The minimum absolute atomic E-state index is 0. The Morgan fingerprint density at radius 2 is 0.410 bits per heavy atom. The largest absolute Gasteiger partial charge is 2.00 e. The maximum absolute atomic E-state index is 6.94. The predicted octanol–water partition coefficient (Wildman–Crippen LogP) is 7.41. The van der Waals surface area contributed by atoms with Crippen LogP contribution >= 0.6 is 0 Å². The number of nitrogens with one attached hydrogen (secondary N) is 4. The Kier molecular flexibility index (Phi) is 57.2. The van der Waals surface area contributed by atoms with E-state index in [1.807, 2.05) is 83.1 Å². The van der Waals surface area contributed by atoms with Gasteiger partial charge in [0.2, 0.25) is 0 Å². The van der Waals surface area contributed by atoms with Crippen LogP contribution in [-0.4, -0.2) is 152 Å². The van der Waals surface area contributed by atoms with E-state index in [2.05, 4.69) is 0 Å². The van der Waals surface area contributed by atoms with E-state index in [4.69, 9.17) is 37.1 Å². The third-order valence-corrected chi connectivity index (χ3v) is 2.48. The summed E-state index contributed by atoms with van der Waals surface area (Å²) < 4.78 is 14.8. The van der Waals surface area contributed by atoms with Crippen LogP contribution in [0.2, 0.25) is 0 Å². The van der Waals surface area contributed by atoms with Crippen molar-refractivity contribution in [3.8, 4) is 0 Å². The average molecular weight is 629 g/mol. The normalized spacial score (nSPS) is 15.4. The second-order valence-electron chi connectivity index (χ2n) is 13.0. The van der Waals surface area contributed by atoms with Crippen LogP contribution in [-0.2, 0) is 14.2 Å². The molecule has 0 aliphatic carbocycles. The molecule has 3 saturated heterocycles. The fourth-order valence-electron chi connectivity index (χ4n) is 1.53. The smallest absolute Gasteiger partial charge is 0.673 e. The molecule has 7 nitrogen and oxygen atoms in total. The summed E-state index contributed by atoms with van der Waals surface area (Å²) in [4.78, 5) is 0. The first kappa shape index (κ1) is 60.7. The SMILES string of the molecule is C1CCOC1.C1CCOC1.C1CCOC1.CC(C)(C)[NH-].CC(C)(C)[NH-].CC(C)(C)[NH-].CC(C)(C)[NH-].[AlH].[AlH].[AlH].[Ca+2]. The van der Waals surface area contributed by atoms with Gasteiger partial charge in [0, 0.05) is 39.6 Å². The Morgan fingerprint density at radius 3 is 0.436 bits per heavy atom. The first-order valence-electron chi connectivity index (χ1n) is 13.2. The zero-order valence-corrected chi connectivity index (χ0v) is 35.0. The maximum atomic E-state index is 6.94. The zero-order valence-electron chi connectivity index (χ0n) is 28.5. The first-order valence-corrected chi connectivity index (χ1v) is 13.2. The average Bonchev–Trinajstić information content (AvgIpc) is 3.34. The summed E-state index contributed by atoms with van der Waals surface area (Å²) in [5.74, 6) is 0. The van der Waals surface area contributed by atoms with E-state index in [9.17, 15) is 0 Å². The van der Waals surface area contributed by atoms with Gasteiger partial charge in [-0.3, -0.25) is 0 Å². The molecule has 0 spiro atoms. The number of rotatable bonds is 0. The topological polar surface area (TPSA) is 123 Å². The summed E-state index contributed by atoms with van der Waals surface area (Å²) in [6, 6.07) is 0. The maximum Gasteiger partial charge on any atom is 2.00 e. The van der Waals surface area contributed by atoms with E-state index in [1.165, 1.54) is 38.5 Å². The molecule has 0 bridgehead atoms. The molecule has 4 N–H and O–H groups in total. The molecule has 230 valence electrons. The second kappa shape index (κ2) is 36.8. The van der Waals surface area contributed by atoms with E-state index in [0.29, 0.717) is 0 Å². The molecule has 3 rings (SSSR count). The van der Waals surface area contributed by atoms with Gasteiger partial charge in [0.25, 0.3) is 0 Å². The van der Waals surface area contributed by atoms with E-state index >= 15 is 0 Å². The Balaban J connectivity index is -0.0000000471. The molecule has 0 amide bonds. The van der Waals surface area contributed by atoms with Crippen molar-refractivity contribution in [2.45, 2.75) is 144 Å². The van der Waals surface area contributed by atoms with Crippen LogP contribution in [0.3, 0.4) is 0 Å². The Labute approximate surface area is 307 Å². The van der Waals surface area contributed by atoms with Gasteiger partial charge in [-0.1, -0.05) is 83.1 Å².